The Balaban J connectivity index is 0. The normalized spacial score (nSPS) is 11.3. The van der Waals surface area contributed by atoms with Crippen LogP contribution in [0.5, 0.6) is 0 Å². The highest BCUT2D eigenvalue weighted by Crippen LogP contribution is 1.89. The second-order valence-electron chi connectivity index (χ2n) is 3.78. The van der Waals surface area contributed by atoms with E-state index in [0.29, 0.717) is 6.61 Å². The Bertz CT molecular complexity index is 270. The fourth-order valence-electron chi connectivity index (χ4n) is 0.463. The second kappa shape index (κ2) is 6.72. The maximum atomic E-state index is 10.3. The Morgan fingerprint density at radius 3 is 1.93 bits per heavy atom. The molecule has 1 N–H and O–H groups in total. The Morgan fingerprint density at radius 1 is 1.40 bits per heavy atom. The molecule has 0 heterocycles. The fourth-order valence-corrected chi connectivity index (χ4v) is 0.463. The topological polar surface area (TPSA) is 104 Å². The lowest BCUT2D eigenvalue weighted by Gasteiger charge is -2.23. The van der Waals surface area contributed by atoms with Crippen LogP contribution in [0.25, 0.3) is 0 Å². The van der Waals surface area contributed by atoms with Gasteiger partial charge in [-0.25, -0.2) is 8.42 Å². The largest absolute Gasteiger partial charge is 0.726 e. The summed E-state index contributed by atoms with van der Waals surface area (Å²) in [6.45, 7) is 2.80. The number of rotatable bonds is 3. The van der Waals surface area contributed by atoms with E-state index in [4.69, 9.17) is 22.3 Å². The van der Waals surface area contributed by atoms with Crippen molar-refractivity contribution in [2.75, 3.05) is 34.3 Å². The van der Waals surface area contributed by atoms with Crippen molar-refractivity contribution in [3.8, 4) is 0 Å². The number of carbonyl (C=O) groups is 1. The van der Waals surface area contributed by atoms with E-state index in [-0.39, 0.29) is 5.97 Å². The third-order valence-electron chi connectivity index (χ3n) is 1.07. The molecule has 0 saturated carbocycles. The molecule has 0 amide bonds. The van der Waals surface area contributed by atoms with Crippen molar-refractivity contribution in [3.63, 3.8) is 0 Å². The van der Waals surface area contributed by atoms with Gasteiger partial charge in [-0.3, -0.25) is 9.35 Å². The molecule has 0 aromatic rings. The number of nitrogens with zero attached hydrogens (tertiary/aromatic N) is 1. The van der Waals surface area contributed by atoms with Gasteiger partial charge in [0, 0.05) is 6.92 Å². The third kappa shape index (κ3) is 42.8. The first-order valence-electron chi connectivity index (χ1n) is 4.04. The van der Waals surface area contributed by atoms with Gasteiger partial charge in [0.2, 0.25) is 10.4 Å². The molecule has 0 aliphatic rings. The molecule has 0 fully saturated rings. The standard InChI is InChI=1S/C7H16NO2.H2O4S/c1-7(9)10-6-5-8(2,3)4;1-5(2,3)4/h5-6H2,1-4H3;(H2,1,2,3,4)/q+1;/p-1. The minimum Gasteiger partial charge on any atom is -0.726 e. The molecular weight excluding hydrogens is 226 g/mol. The van der Waals surface area contributed by atoms with E-state index in [0.717, 1.165) is 11.0 Å². The molecule has 92 valence electrons. The van der Waals surface area contributed by atoms with Crippen LogP contribution in [0.15, 0.2) is 0 Å². The molecule has 0 unspecified atom stereocenters. The first-order valence-corrected chi connectivity index (χ1v) is 5.40. The Labute approximate surface area is 89.8 Å². The van der Waals surface area contributed by atoms with Crippen molar-refractivity contribution in [3.05, 3.63) is 0 Å². The highest BCUT2D eigenvalue weighted by atomic mass is 32.3. The predicted octanol–water partition coefficient (Wildman–Crippen LogP) is -0.740. The fraction of sp³-hybridized carbons (Fsp3) is 0.857. The van der Waals surface area contributed by atoms with Crippen LogP contribution in [0.1, 0.15) is 6.92 Å². The summed E-state index contributed by atoms with van der Waals surface area (Å²) >= 11 is 0. The molecule has 0 aliphatic heterocycles. The van der Waals surface area contributed by atoms with E-state index in [1.165, 1.54) is 6.92 Å². The molecule has 0 saturated heterocycles. The molecule has 0 rings (SSSR count). The first kappa shape index (κ1) is 16.7. The predicted molar refractivity (Wildman–Crippen MR) is 51.9 cm³/mol. The minimum absolute atomic E-state index is 0.201. The van der Waals surface area contributed by atoms with Crippen LogP contribution < -0.4 is 0 Å². The molecule has 0 aliphatic carbocycles. The van der Waals surface area contributed by atoms with Gasteiger partial charge in [0.05, 0.1) is 21.1 Å². The molecule has 0 spiro atoms. The number of quaternary nitrogens is 1. The monoisotopic (exact) mass is 243 g/mol. The van der Waals surface area contributed by atoms with Crippen LogP contribution in [-0.4, -0.2) is 62.3 Å². The van der Waals surface area contributed by atoms with Gasteiger partial charge in [-0.2, -0.15) is 0 Å². The van der Waals surface area contributed by atoms with Gasteiger partial charge in [0.1, 0.15) is 13.2 Å². The number of esters is 1. The highest BCUT2D eigenvalue weighted by molar-refractivity contribution is 7.79. The smallest absolute Gasteiger partial charge is 0.302 e. The quantitative estimate of drug-likeness (QED) is 0.303. The Morgan fingerprint density at radius 2 is 1.73 bits per heavy atom. The average Bonchev–Trinajstić information content (AvgIpc) is 1.77. The molecule has 0 aromatic carbocycles. The third-order valence-corrected chi connectivity index (χ3v) is 1.07. The summed E-state index contributed by atoms with van der Waals surface area (Å²) in [5.41, 5.74) is 0. The Kier molecular flexibility index (Phi) is 7.49. The molecule has 15 heavy (non-hydrogen) atoms. The molecule has 0 aromatic heterocycles. The molecule has 7 nitrogen and oxygen atoms in total. The Hall–Kier alpha value is -0.700. The van der Waals surface area contributed by atoms with E-state index in [1.807, 2.05) is 0 Å². The van der Waals surface area contributed by atoms with Crippen LogP contribution in [0, 0.1) is 0 Å². The minimum atomic E-state index is -4.92. The first-order chi connectivity index (χ1) is 6.42. The maximum Gasteiger partial charge on any atom is 0.302 e. The lowest BCUT2D eigenvalue weighted by molar-refractivity contribution is -0.870. The summed E-state index contributed by atoms with van der Waals surface area (Å²) in [6, 6.07) is 0. The van der Waals surface area contributed by atoms with Gasteiger partial charge in [0.25, 0.3) is 0 Å². The van der Waals surface area contributed by atoms with Crippen molar-refractivity contribution in [2.24, 2.45) is 0 Å². The van der Waals surface area contributed by atoms with Crippen LogP contribution >= 0.6 is 0 Å². The number of ether oxygens (including phenoxy) is 1. The maximum absolute atomic E-state index is 10.3. The van der Waals surface area contributed by atoms with Crippen LogP contribution in [0.3, 0.4) is 0 Å². The number of likely N-dealkylation sites (N-methyl/N-ethyl adjacent to an activating group) is 1. The highest BCUT2D eigenvalue weighted by Gasteiger charge is 2.06. The van der Waals surface area contributed by atoms with E-state index < -0.39 is 10.4 Å². The SMILES string of the molecule is CC(=O)OCC[N+](C)(C)C.O=S(=O)([O-])O. The summed E-state index contributed by atoms with van der Waals surface area (Å²) in [6.07, 6.45) is 0. The van der Waals surface area contributed by atoms with E-state index in [1.54, 1.807) is 0 Å². The van der Waals surface area contributed by atoms with Gasteiger partial charge >= 0.3 is 5.97 Å². The van der Waals surface area contributed by atoms with Gasteiger partial charge in [0.15, 0.2) is 0 Å². The molecule has 8 heteroatoms. The summed E-state index contributed by atoms with van der Waals surface area (Å²) in [7, 11) is 1.26. The van der Waals surface area contributed by atoms with Crippen LogP contribution in [0.4, 0.5) is 0 Å². The zero-order valence-corrected chi connectivity index (χ0v) is 10.1. The lowest BCUT2D eigenvalue weighted by atomic mass is 10.5. The number of hydrogen-bond acceptors (Lipinski definition) is 5. The van der Waals surface area contributed by atoms with Crippen molar-refractivity contribution in [1.82, 2.24) is 0 Å². The van der Waals surface area contributed by atoms with Crippen LogP contribution in [-0.2, 0) is 19.9 Å². The zero-order valence-electron chi connectivity index (χ0n) is 9.26. The molecular formula is C7H17NO6S. The second-order valence-corrected chi connectivity index (χ2v) is 4.64. The number of hydrogen-bond donors (Lipinski definition) is 1. The van der Waals surface area contributed by atoms with Crippen molar-refractivity contribution >= 4 is 16.4 Å². The summed E-state index contributed by atoms with van der Waals surface area (Å²) in [4.78, 5) is 10.3. The van der Waals surface area contributed by atoms with E-state index in [9.17, 15) is 4.79 Å². The molecule has 0 bridgehead atoms. The molecule has 0 atom stereocenters. The lowest BCUT2D eigenvalue weighted by Crippen LogP contribution is -2.37. The summed E-state index contributed by atoms with van der Waals surface area (Å²) in [5.74, 6) is -0.201. The average molecular weight is 243 g/mol. The van der Waals surface area contributed by atoms with Crippen molar-refractivity contribution < 1.29 is 31.5 Å². The summed E-state index contributed by atoms with van der Waals surface area (Å²) < 4.78 is 38.4. The molecule has 0 radical (unpaired) electrons. The van der Waals surface area contributed by atoms with Crippen molar-refractivity contribution in [1.29, 1.82) is 0 Å². The zero-order chi connectivity index (χ0) is 12.7. The summed E-state index contributed by atoms with van der Waals surface area (Å²) in [5, 5.41) is 0. The van der Waals surface area contributed by atoms with Crippen molar-refractivity contribution in [2.45, 2.75) is 6.92 Å². The number of carbonyl (C=O) groups excluding carboxylic acids is 1. The van der Waals surface area contributed by atoms with Gasteiger partial charge in [-0.1, -0.05) is 0 Å². The van der Waals surface area contributed by atoms with Gasteiger partial charge in [-0.15, -0.1) is 0 Å². The van der Waals surface area contributed by atoms with Crippen LogP contribution in [0.2, 0.25) is 0 Å². The van der Waals surface area contributed by atoms with Gasteiger partial charge < -0.3 is 13.8 Å². The van der Waals surface area contributed by atoms with Gasteiger partial charge in [-0.05, 0) is 0 Å². The van der Waals surface area contributed by atoms with E-state index in [2.05, 4.69) is 21.1 Å². The van der Waals surface area contributed by atoms with E-state index >= 15 is 0 Å².